The molecular weight excluding hydrogens is 326 g/mol. The lowest BCUT2D eigenvalue weighted by Crippen LogP contribution is -2.20. The molecule has 1 unspecified atom stereocenters. The van der Waals surface area contributed by atoms with Crippen LogP contribution in [0.5, 0.6) is 0 Å². The number of aliphatic hydroxyl groups excluding tert-OH is 1. The van der Waals surface area contributed by atoms with Gasteiger partial charge < -0.3 is 15.7 Å². The fourth-order valence-corrected chi connectivity index (χ4v) is 2.87. The average Bonchev–Trinajstić information content (AvgIpc) is 2.93. The second-order valence-corrected chi connectivity index (χ2v) is 6.06. The van der Waals surface area contributed by atoms with E-state index in [1.54, 1.807) is 17.8 Å². The van der Waals surface area contributed by atoms with Gasteiger partial charge in [0, 0.05) is 19.3 Å². The number of anilines is 1. The van der Waals surface area contributed by atoms with Crippen LogP contribution in [0.2, 0.25) is 0 Å². The van der Waals surface area contributed by atoms with Gasteiger partial charge in [0.1, 0.15) is 23.0 Å². The second kappa shape index (κ2) is 6.68. The highest BCUT2D eigenvalue weighted by molar-refractivity contribution is 5.71. The Labute approximate surface area is 144 Å². The fourth-order valence-electron chi connectivity index (χ4n) is 2.87. The molecule has 0 aliphatic carbocycles. The van der Waals surface area contributed by atoms with Crippen molar-refractivity contribution in [2.45, 2.75) is 20.1 Å². The van der Waals surface area contributed by atoms with Crippen molar-refractivity contribution in [3.8, 4) is 0 Å². The van der Waals surface area contributed by atoms with Crippen LogP contribution < -0.4 is 10.6 Å². The van der Waals surface area contributed by atoms with Crippen LogP contribution in [0.1, 0.15) is 31.5 Å². The second-order valence-electron chi connectivity index (χ2n) is 6.06. The molecule has 1 atom stereocenters. The number of hydrogen-bond donors (Lipinski definition) is 3. The molecule has 3 N–H and O–H groups in total. The summed E-state index contributed by atoms with van der Waals surface area (Å²) in [7, 11) is 1.76. The van der Waals surface area contributed by atoms with Crippen LogP contribution >= 0.6 is 0 Å². The Morgan fingerprint density at radius 1 is 1.28 bits per heavy atom. The summed E-state index contributed by atoms with van der Waals surface area (Å²) in [4.78, 5) is 0. The predicted octanol–water partition coefficient (Wildman–Crippen LogP) is 3.08. The zero-order valence-electron chi connectivity index (χ0n) is 14.3. The number of para-hydroxylation sites is 1. The average molecular weight is 346 g/mol. The first kappa shape index (κ1) is 17.2. The summed E-state index contributed by atoms with van der Waals surface area (Å²) in [6, 6.07) is 5.23. The minimum Gasteiger partial charge on any atom is -0.384 e. The summed E-state index contributed by atoms with van der Waals surface area (Å²) in [5.41, 5.74) is 3.98. The topological polar surface area (TPSA) is 62.1 Å². The van der Waals surface area contributed by atoms with Gasteiger partial charge in [-0.2, -0.15) is 5.10 Å². The van der Waals surface area contributed by atoms with Gasteiger partial charge in [0.25, 0.3) is 0 Å². The van der Waals surface area contributed by atoms with Crippen LogP contribution in [0.15, 0.2) is 41.6 Å². The van der Waals surface area contributed by atoms with Crippen molar-refractivity contribution in [1.29, 1.82) is 0 Å². The first-order valence-corrected chi connectivity index (χ1v) is 7.91. The summed E-state index contributed by atoms with van der Waals surface area (Å²) < 4.78 is 29.1. The van der Waals surface area contributed by atoms with Gasteiger partial charge in [-0.15, -0.1) is 0 Å². The van der Waals surface area contributed by atoms with Crippen molar-refractivity contribution in [2.75, 3.05) is 11.9 Å². The molecule has 5 nitrogen and oxygen atoms in total. The number of nitrogens with zero attached hydrogens (tertiary/aromatic N) is 2. The van der Waals surface area contributed by atoms with Crippen molar-refractivity contribution < 1.29 is 13.9 Å². The highest BCUT2D eigenvalue weighted by Gasteiger charge is 2.20. The van der Waals surface area contributed by atoms with E-state index in [1.165, 1.54) is 6.07 Å². The Morgan fingerprint density at radius 3 is 2.60 bits per heavy atom. The third-order valence-corrected chi connectivity index (χ3v) is 4.18. The first-order valence-electron chi connectivity index (χ1n) is 7.91. The van der Waals surface area contributed by atoms with E-state index in [9.17, 15) is 13.9 Å². The zero-order chi connectivity index (χ0) is 18.1. The number of nitrogens with one attached hydrogen (secondary N) is 2. The van der Waals surface area contributed by atoms with Crippen LogP contribution in [-0.2, 0) is 7.05 Å². The highest BCUT2D eigenvalue weighted by Crippen LogP contribution is 2.27. The zero-order valence-corrected chi connectivity index (χ0v) is 14.3. The molecule has 0 fully saturated rings. The van der Waals surface area contributed by atoms with E-state index in [-0.39, 0.29) is 11.4 Å². The number of hydrogen-bond acceptors (Lipinski definition) is 4. The normalized spacial score (nSPS) is 15.7. The van der Waals surface area contributed by atoms with E-state index in [0.717, 1.165) is 34.7 Å². The lowest BCUT2D eigenvalue weighted by Gasteiger charge is -2.18. The molecule has 0 bridgehead atoms. The molecule has 0 saturated heterocycles. The summed E-state index contributed by atoms with van der Waals surface area (Å²) >= 11 is 0. The Kier molecular flexibility index (Phi) is 4.59. The molecular formula is C18H20F2N4O. The molecule has 1 aromatic carbocycles. The van der Waals surface area contributed by atoms with E-state index >= 15 is 0 Å². The molecule has 0 spiro atoms. The third kappa shape index (κ3) is 3.41. The number of halogens is 2. The van der Waals surface area contributed by atoms with Crippen molar-refractivity contribution in [3.05, 3.63) is 64.6 Å². The smallest absolute Gasteiger partial charge is 0.170 e. The predicted molar refractivity (Wildman–Crippen MR) is 92.5 cm³/mol. The van der Waals surface area contributed by atoms with Crippen LogP contribution in [0.4, 0.5) is 14.5 Å². The summed E-state index contributed by atoms with van der Waals surface area (Å²) in [5.74, 6) is -1.54. The van der Waals surface area contributed by atoms with E-state index in [0.29, 0.717) is 6.54 Å². The van der Waals surface area contributed by atoms with Gasteiger partial charge in [0.05, 0.1) is 5.69 Å². The summed E-state index contributed by atoms with van der Waals surface area (Å²) in [5, 5.41) is 20.3. The summed E-state index contributed by atoms with van der Waals surface area (Å²) in [6.45, 7) is 4.65. The maximum Gasteiger partial charge on any atom is 0.170 e. The largest absolute Gasteiger partial charge is 0.384 e. The molecule has 25 heavy (non-hydrogen) atoms. The maximum absolute atomic E-state index is 13.7. The maximum atomic E-state index is 13.7. The van der Waals surface area contributed by atoms with E-state index in [4.69, 9.17) is 0 Å². The molecule has 132 valence electrons. The number of dihydropyridines is 1. The van der Waals surface area contributed by atoms with E-state index in [1.807, 2.05) is 19.9 Å². The minimum absolute atomic E-state index is 0.284. The van der Waals surface area contributed by atoms with Crippen molar-refractivity contribution in [2.24, 2.45) is 7.05 Å². The Morgan fingerprint density at radius 2 is 1.96 bits per heavy atom. The monoisotopic (exact) mass is 346 g/mol. The molecule has 2 heterocycles. The van der Waals surface area contributed by atoms with Crippen molar-refractivity contribution >= 4 is 11.3 Å². The lowest BCUT2D eigenvalue weighted by atomic mass is 10.0. The van der Waals surface area contributed by atoms with Crippen molar-refractivity contribution in [1.82, 2.24) is 15.1 Å². The quantitative estimate of drug-likeness (QED) is 0.745. The number of aryl methyl sites for hydroxylation is 1. The summed E-state index contributed by atoms with van der Waals surface area (Å²) in [6.07, 6.45) is 0.704. The Hall–Kier alpha value is -2.67. The molecule has 2 aromatic rings. The number of aromatic nitrogens is 2. The Bertz CT molecular complexity index is 850. The van der Waals surface area contributed by atoms with Crippen LogP contribution in [-0.4, -0.2) is 21.4 Å². The molecule has 3 rings (SSSR count). The van der Waals surface area contributed by atoms with Crippen LogP contribution in [0.3, 0.4) is 0 Å². The van der Waals surface area contributed by atoms with Gasteiger partial charge in [-0.05, 0) is 49.3 Å². The molecule has 1 aromatic heterocycles. The molecule has 0 amide bonds. The van der Waals surface area contributed by atoms with Gasteiger partial charge in [0.15, 0.2) is 6.23 Å². The molecule has 7 heteroatoms. The standard InChI is InChI=1S/C18H20F2N4O/c1-10-7-11(2)21-9-12(10)16-8-15(23-24(16)3)18(25)22-17-13(19)5-4-6-14(17)20/h4-8,18,21-22,25H,9H2,1-3H3. The van der Waals surface area contributed by atoms with E-state index in [2.05, 4.69) is 15.7 Å². The number of aliphatic hydroxyl groups is 1. The minimum atomic E-state index is -1.33. The van der Waals surface area contributed by atoms with Gasteiger partial charge >= 0.3 is 0 Å². The van der Waals surface area contributed by atoms with Gasteiger partial charge in [-0.1, -0.05) is 6.07 Å². The molecule has 1 aliphatic rings. The van der Waals surface area contributed by atoms with E-state index < -0.39 is 17.9 Å². The highest BCUT2D eigenvalue weighted by atomic mass is 19.1. The van der Waals surface area contributed by atoms with Crippen LogP contribution in [0, 0.1) is 11.6 Å². The van der Waals surface area contributed by atoms with Gasteiger partial charge in [-0.3, -0.25) is 4.68 Å². The van der Waals surface area contributed by atoms with Crippen molar-refractivity contribution in [3.63, 3.8) is 0 Å². The Balaban J connectivity index is 1.89. The molecule has 0 radical (unpaired) electrons. The lowest BCUT2D eigenvalue weighted by molar-refractivity contribution is 0.201. The SMILES string of the molecule is CC1=CC(C)=C(c2cc(C(O)Nc3c(F)cccc3F)nn2C)CN1. The van der Waals surface area contributed by atoms with Crippen LogP contribution in [0.25, 0.3) is 5.57 Å². The van der Waals surface area contributed by atoms with Gasteiger partial charge in [-0.25, -0.2) is 8.78 Å². The number of allylic oxidation sites excluding steroid dienone is 3. The number of benzene rings is 1. The fraction of sp³-hybridized carbons (Fsp3) is 0.278. The molecule has 0 saturated carbocycles. The molecule has 1 aliphatic heterocycles. The van der Waals surface area contributed by atoms with Gasteiger partial charge in [0.2, 0.25) is 0 Å². The first-order chi connectivity index (χ1) is 11.9. The number of rotatable bonds is 4. The third-order valence-electron chi connectivity index (χ3n) is 4.18.